The number of hydrogen-bond donors (Lipinski definition) is 1. The molecule has 3 rings (SSSR count). The normalized spacial score (nSPS) is 19.6. The number of aromatic nitrogens is 2. The molecule has 1 aliphatic rings. The Morgan fingerprint density at radius 1 is 1.35 bits per heavy atom. The molecular weight excluding hydrogens is 334 g/mol. The van der Waals surface area contributed by atoms with Crippen molar-refractivity contribution in [3.05, 3.63) is 35.6 Å². The molecule has 1 saturated heterocycles. The second-order valence-corrected chi connectivity index (χ2v) is 8.63. The highest BCUT2D eigenvalue weighted by atomic mass is 32.2. The number of pyridine rings is 1. The van der Waals surface area contributed by atoms with Gasteiger partial charge in [0.25, 0.3) is 0 Å². The maximum Gasteiger partial charge on any atom is 0.220 e. The summed E-state index contributed by atoms with van der Waals surface area (Å²) >= 11 is 1.54. The minimum absolute atomic E-state index is 0.0572. The van der Waals surface area contributed by atoms with E-state index < -0.39 is 9.84 Å². The van der Waals surface area contributed by atoms with Crippen molar-refractivity contribution in [2.24, 2.45) is 0 Å². The number of hydrogen-bond acceptors (Lipinski definition) is 6. The zero-order valence-corrected chi connectivity index (χ0v) is 14.1. The number of nitrogens with zero attached hydrogens (tertiary/aromatic N) is 2. The number of amides is 1. The van der Waals surface area contributed by atoms with Gasteiger partial charge in [-0.05, 0) is 25.0 Å². The molecule has 0 bridgehead atoms. The fourth-order valence-electron chi connectivity index (χ4n) is 2.50. The topological polar surface area (TPSA) is 89.0 Å². The fraction of sp³-hybridized carbons (Fsp3) is 0.400. The number of carbonyl (C=O) groups is 1. The van der Waals surface area contributed by atoms with Crippen molar-refractivity contribution in [2.75, 3.05) is 11.5 Å². The lowest BCUT2D eigenvalue weighted by molar-refractivity contribution is -0.121. The van der Waals surface area contributed by atoms with Crippen LogP contribution in [0.1, 0.15) is 18.5 Å². The quantitative estimate of drug-likeness (QED) is 0.880. The first-order valence-corrected chi connectivity index (χ1v) is 10.1. The van der Waals surface area contributed by atoms with E-state index in [2.05, 4.69) is 15.3 Å². The molecule has 0 spiro atoms. The molecule has 6 nitrogen and oxygen atoms in total. The molecule has 1 amide bonds. The van der Waals surface area contributed by atoms with Crippen LogP contribution in [0.25, 0.3) is 10.6 Å². The molecule has 1 N–H and O–H groups in total. The number of sulfone groups is 1. The third-order valence-electron chi connectivity index (χ3n) is 3.68. The Morgan fingerprint density at radius 3 is 2.83 bits per heavy atom. The van der Waals surface area contributed by atoms with E-state index in [4.69, 9.17) is 0 Å². The summed E-state index contributed by atoms with van der Waals surface area (Å²) in [5.41, 5.74) is 1.88. The van der Waals surface area contributed by atoms with E-state index in [-0.39, 0.29) is 23.5 Å². The summed E-state index contributed by atoms with van der Waals surface area (Å²) in [6.07, 6.45) is 4.82. The Morgan fingerprint density at radius 2 is 2.13 bits per heavy atom. The number of rotatable bonds is 5. The predicted molar refractivity (Wildman–Crippen MR) is 88.9 cm³/mol. The van der Waals surface area contributed by atoms with Crippen LogP contribution >= 0.6 is 11.3 Å². The van der Waals surface area contributed by atoms with Crippen molar-refractivity contribution in [3.63, 3.8) is 0 Å². The summed E-state index contributed by atoms with van der Waals surface area (Å²) in [5.74, 6) is 0.103. The van der Waals surface area contributed by atoms with Crippen LogP contribution in [0.4, 0.5) is 0 Å². The van der Waals surface area contributed by atoms with Gasteiger partial charge in [0.05, 0.1) is 17.2 Å². The fourth-order valence-corrected chi connectivity index (χ4v) is 5.03. The summed E-state index contributed by atoms with van der Waals surface area (Å²) in [7, 11) is -2.97. The van der Waals surface area contributed by atoms with Gasteiger partial charge >= 0.3 is 0 Å². The molecule has 1 fully saturated rings. The van der Waals surface area contributed by atoms with E-state index in [1.54, 1.807) is 12.4 Å². The Bertz CT molecular complexity index is 787. The van der Waals surface area contributed by atoms with Gasteiger partial charge in [0.15, 0.2) is 9.84 Å². The second-order valence-electron chi connectivity index (χ2n) is 5.55. The number of thiazole rings is 1. The molecule has 0 aliphatic carbocycles. The maximum absolute atomic E-state index is 11.9. The van der Waals surface area contributed by atoms with Crippen LogP contribution in [0.3, 0.4) is 0 Å². The lowest BCUT2D eigenvalue weighted by Crippen LogP contribution is -2.35. The van der Waals surface area contributed by atoms with Crippen LogP contribution in [-0.4, -0.2) is 41.8 Å². The van der Waals surface area contributed by atoms with Crippen LogP contribution in [0.5, 0.6) is 0 Å². The van der Waals surface area contributed by atoms with E-state index in [1.165, 1.54) is 11.3 Å². The molecule has 0 saturated carbocycles. The molecule has 1 aliphatic heterocycles. The Labute approximate surface area is 138 Å². The van der Waals surface area contributed by atoms with Crippen molar-refractivity contribution in [3.8, 4) is 10.6 Å². The van der Waals surface area contributed by atoms with Gasteiger partial charge in [-0.1, -0.05) is 0 Å². The highest BCUT2D eigenvalue weighted by Crippen LogP contribution is 2.23. The molecule has 0 aromatic carbocycles. The molecule has 8 heteroatoms. The van der Waals surface area contributed by atoms with Crippen molar-refractivity contribution < 1.29 is 13.2 Å². The van der Waals surface area contributed by atoms with Crippen LogP contribution in [0.15, 0.2) is 29.9 Å². The van der Waals surface area contributed by atoms with Gasteiger partial charge < -0.3 is 5.32 Å². The van der Waals surface area contributed by atoms with E-state index >= 15 is 0 Å². The minimum atomic E-state index is -2.97. The van der Waals surface area contributed by atoms with Gasteiger partial charge in [-0.15, -0.1) is 11.3 Å². The first-order valence-electron chi connectivity index (χ1n) is 7.36. The zero-order valence-electron chi connectivity index (χ0n) is 12.4. The maximum atomic E-state index is 11.9. The molecule has 122 valence electrons. The average molecular weight is 351 g/mol. The highest BCUT2D eigenvalue weighted by Gasteiger charge is 2.28. The minimum Gasteiger partial charge on any atom is -0.352 e. The summed E-state index contributed by atoms with van der Waals surface area (Å²) in [4.78, 5) is 20.4. The number of carbonyl (C=O) groups excluding carboxylic acids is 1. The highest BCUT2D eigenvalue weighted by molar-refractivity contribution is 7.91. The Hall–Kier alpha value is -1.80. The largest absolute Gasteiger partial charge is 0.352 e. The van der Waals surface area contributed by atoms with E-state index in [0.717, 1.165) is 16.3 Å². The lowest BCUT2D eigenvalue weighted by Gasteiger charge is -2.09. The Kier molecular flexibility index (Phi) is 4.72. The first-order chi connectivity index (χ1) is 11.0. The summed E-state index contributed by atoms with van der Waals surface area (Å²) in [6, 6.07) is 3.56. The van der Waals surface area contributed by atoms with Gasteiger partial charge in [0.1, 0.15) is 5.01 Å². The molecule has 2 aromatic heterocycles. The van der Waals surface area contributed by atoms with Crippen molar-refractivity contribution in [1.82, 2.24) is 15.3 Å². The molecule has 1 unspecified atom stereocenters. The molecule has 3 heterocycles. The van der Waals surface area contributed by atoms with Crippen molar-refractivity contribution in [2.45, 2.75) is 25.3 Å². The molecule has 1 atom stereocenters. The smallest absolute Gasteiger partial charge is 0.220 e. The lowest BCUT2D eigenvalue weighted by atomic mass is 10.2. The first kappa shape index (κ1) is 16.1. The average Bonchev–Trinajstić information content (AvgIpc) is 3.13. The molecular formula is C15H17N3O3S2. The van der Waals surface area contributed by atoms with Gasteiger partial charge in [-0.2, -0.15) is 0 Å². The third-order valence-corrected chi connectivity index (χ3v) is 6.39. The van der Waals surface area contributed by atoms with E-state index in [9.17, 15) is 13.2 Å². The standard InChI is InChI=1S/C15H17N3O3S2/c19-14(17-13-5-8-23(20,21)10-13)2-1-12-9-22-15(18-12)11-3-6-16-7-4-11/h3-4,6-7,9,13H,1-2,5,8,10H2,(H,17,19). The van der Waals surface area contributed by atoms with Gasteiger partial charge in [-0.25, -0.2) is 13.4 Å². The third kappa shape index (κ3) is 4.35. The van der Waals surface area contributed by atoms with Crippen LogP contribution in [-0.2, 0) is 21.1 Å². The number of nitrogens with one attached hydrogen (secondary N) is 1. The zero-order chi connectivity index (χ0) is 16.3. The molecule has 0 radical (unpaired) electrons. The van der Waals surface area contributed by atoms with Crippen LogP contribution in [0, 0.1) is 0 Å². The van der Waals surface area contributed by atoms with Gasteiger partial charge in [-0.3, -0.25) is 9.78 Å². The van der Waals surface area contributed by atoms with Gasteiger partial charge in [0.2, 0.25) is 5.91 Å². The second kappa shape index (κ2) is 6.76. The van der Waals surface area contributed by atoms with Crippen LogP contribution in [0.2, 0.25) is 0 Å². The van der Waals surface area contributed by atoms with Gasteiger partial charge in [0, 0.05) is 35.8 Å². The number of aryl methyl sites for hydroxylation is 1. The van der Waals surface area contributed by atoms with Crippen LogP contribution < -0.4 is 5.32 Å². The predicted octanol–water partition coefficient (Wildman–Crippen LogP) is 1.44. The SMILES string of the molecule is O=C(CCc1csc(-c2ccncc2)n1)NC1CCS(=O)(=O)C1. The van der Waals surface area contributed by atoms with E-state index in [0.29, 0.717) is 19.3 Å². The van der Waals surface area contributed by atoms with Crippen molar-refractivity contribution >= 4 is 27.1 Å². The molecule has 2 aromatic rings. The Balaban J connectivity index is 1.51. The van der Waals surface area contributed by atoms with Crippen molar-refractivity contribution in [1.29, 1.82) is 0 Å². The summed E-state index contributed by atoms with van der Waals surface area (Å²) in [6.45, 7) is 0. The summed E-state index contributed by atoms with van der Waals surface area (Å²) < 4.78 is 22.7. The monoisotopic (exact) mass is 351 g/mol. The molecule has 23 heavy (non-hydrogen) atoms. The van der Waals surface area contributed by atoms with E-state index in [1.807, 2.05) is 17.5 Å². The summed E-state index contributed by atoms with van der Waals surface area (Å²) in [5, 5.41) is 5.65.